The summed E-state index contributed by atoms with van der Waals surface area (Å²) in [6, 6.07) is 1.66. The van der Waals surface area contributed by atoms with Gasteiger partial charge in [-0.3, -0.25) is 10.1 Å². The van der Waals surface area contributed by atoms with E-state index >= 15 is 0 Å². The van der Waals surface area contributed by atoms with Crippen LogP contribution >= 0.6 is 0 Å². The minimum Gasteiger partial charge on any atom is -0.345 e. The van der Waals surface area contributed by atoms with E-state index in [2.05, 4.69) is 0 Å². The summed E-state index contributed by atoms with van der Waals surface area (Å²) in [5.74, 6) is 0. The Hall–Kier alpha value is -1.32. The summed E-state index contributed by atoms with van der Waals surface area (Å²) in [7, 11) is 0. The zero-order valence-corrected chi connectivity index (χ0v) is 5.99. The van der Waals surface area contributed by atoms with Crippen molar-refractivity contribution >= 4 is 5.69 Å². The average molecular weight is 152 g/mol. The van der Waals surface area contributed by atoms with Gasteiger partial charge in [-0.1, -0.05) is 0 Å². The molecule has 0 aliphatic carbocycles. The lowest BCUT2D eigenvalue weighted by Crippen LogP contribution is -1.88. The van der Waals surface area contributed by atoms with Gasteiger partial charge in [0, 0.05) is 18.3 Å². The molecule has 0 aromatic carbocycles. The van der Waals surface area contributed by atoms with Gasteiger partial charge in [-0.2, -0.15) is 0 Å². The van der Waals surface area contributed by atoms with Crippen LogP contribution in [0.3, 0.4) is 0 Å². The van der Waals surface area contributed by atoms with Gasteiger partial charge in [0.05, 0.1) is 11.1 Å². The number of nitro groups is 1. The Morgan fingerprint density at radius 1 is 1.64 bits per heavy atom. The highest BCUT2D eigenvalue weighted by atomic mass is 16.6. The second-order valence-electron chi connectivity index (χ2n) is 2.74. The fourth-order valence-electron chi connectivity index (χ4n) is 1.49. The van der Waals surface area contributed by atoms with Crippen LogP contribution in [-0.2, 0) is 13.0 Å². The first-order valence-electron chi connectivity index (χ1n) is 3.61. The number of nitrogens with zero attached hydrogens (tertiary/aromatic N) is 2. The van der Waals surface area contributed by atoms with E-state index in [4.69, 9.17) is 0 Å². The van der Waals surface area contributed by atoms with E-state index in [0.29, 0.717) is 0 Å². The van der Waals surface area contributed by atoms with E-state index in [-0.39, 0.29) is 10.6 Å². The summed E-state index contributed by atoms with van der Waals surface area (Å²) in [5, 5.41) is 10.3. The molecule has 1 aromatic rings. The lowest BCUT2D eigenvalue weighted by Gasteiger charge is -1.89. The standard InChI is InChI=1S/C7H8N2O2/c10-9(11)7-4-6-2-1-3-8(6)5-7/h4-5H,1-3H2. The van der Waals surface area contributed by atoms with E-state index in [0.717, 1.165) is 25.1 Å². The third kappa shape index (κ3) is 0.906. The van der Waals surface area contributed by atoms with Gasteiger partial charge in [0.1, 0.15) is 0 Å². The van der Waals surface area contributed by atoms with E-state index in [1.807, 2.05) is 4.57 Å². The second-order valence-corrected chi connectivity index (χ2v) is 2.74. The highest BCUT2D eigenvalue weighted by molar-refractivity contribution is 5.32. The Kier molecular flexibility index (Phi) is 1.21. The highest BCUT2D eigenvalue weighted by Crippen LogP contribution is 2.22. The van der Waals surface area contributed by atoms with E-state index in [9.17, 15) is 10.1 Å². The molecule has 2 heterocycles. The lowest BCUT2D eigenvalue weighted by atomic mass is 10.3. The predicted octanol–water partition coefficient (Wildman–Crippen LogP) is 1.34. The van der Waals surface area contributed by atoms with Gasteiger partial charge in [-0.15, -0.1) is 0 Å². The largest absolute Gasteiger partial charge is 0.345 e. The maximum atomic E-state index is 10.3. The molecule has 0 amide bonds. The first kappa shape index (κ1) is 6.39. The van der Waals surface area contributed by atoms with Gasteiger partial charge in [0.2, 0.25) is 0 Å². The summed E-state index contributed by atoms with van der Waals surface area (Å²) in [6.45, 7) is 0.934. The first-order valence-corrected chi connectivity index (χ1v) is 3.61. The van der Waals surface area contributed by atoms with Crippen LogP contribution < -0.4 is 0 Å². The fraction of sp³-hybridized carbons (Fsp3) is 0.429. The molecule has 1 aromatic heterocycles. The molecule has 0 spiro atoms. The summed E-state index contributed by atoms with van der Waals surface area (Å²) in [4.78, 5) is 9.96. The molecule has 0 atom stereocenters. The zero-order valence-electron chi connectivity index (χ0n) is 5.99. The molecule has 0 N–H and O–H groups in total. The quantitative estimate of drug-likeness (QED) is 0.450. The Bertz CT molecular complexity index is 282. The van der Waals surface area contributed by atoms with Crippen molar-refractivity contribution in [3.63, 3.8) is 0 Å². The monoisotopic (exact) mass is 152 g/mol. The number of aromatic nitrogens is 1. The van der Waals surface area contributed by atoms with Crippen LogP contribution in [0.1, 0.15) is 12.1 Å². The van der Waals surface area contributed by atoms with Crippen LogP contribution in [0.15, 0.2) is 12.3 Å². The molecule has 0 fully saturated rings. The topological polar surface area (TPSA) is 48.1 Å². The minimum absolute atomic E-state index is 0.222. The molecular formula is C7H8N2O2. The van der Waals surface area contributed by atoms with Crippen LogP contribution in [0, 0.1) is 10.1 Å². The molecular weight excluding hydrogens is 144 g/mol. The van der Waals surface area contributed by atoms with Crippen LogP contribution in [-0.4, -0.2) is 9.49 Å². The van der Waals surface area contributed by atoms with Gasteiger partial charge >= 0.3 is 0 Å². The molecule has 11 heavy (non-hydrogen) atoms. The number of aryl methyl sites for hydroxylation is 2. The minimum atomic E-state index is -0.342. The van der Waals surface area contributed by atoms with Crippen molar-refractivity contribution in [3.05, 3.63) is 28.1 Å². The molecule has 4 nitrogen and oxygen atoms in total. The van der Waals surface area contributed by atoms with Gasteiger partial charge < -0.3 is 4.57 Å². The lowest BCUT2D eigenvalue weighted by molar-refractivity contribution is -0.384. The fourth-order valence-corrected chi connectivity index (χ4v) is 1.49. The number of hydrogen-bond donors (Lipinski definition) is 0. The van der Waals surface area contributed by atoms with E-state index in [1.54, 1.807) is 12.3 Å². The summed E-state index contributed by atoms with van der Waals surface area (Å²) in [5.41, 5.74) is 1.32. The Morgan fingerprint density at radius 3 is 3.09 bits per heavy atom. The molecule has 58 valence electrons. The molecule has 0 unspecified atom stereocenters. The van der Waals surface area contributed by atoms with Gasteiger partial charge in [0.25, 0.3) is 5.69 Å². The summed E-state index contributed by atoms with van der Waals surface area (Å²) >= 11 is 0. The Labute approximate surface area is 63.6 Å². The SMILES string of the molecule is O=[N+]([O-])c1cc2n(c1)CCC2. The molecule has 2 rings (SSSR count). The van der Waals surface area contributed by atoms with E-state index < -0.39 is 0 Å². The Balaban J connectivity index is 2.42. The smallest absolute Gasteiger partial charge is 0.287 e. The average Bonchev–Trinajstić information content (AvgIpc) is 2.40. The molecule has 0 saturated carbocycles. The van der Waals surface area contributed by atoms with Crippen LogP contribution in [0.5, 0.6) is 0 Å². The van der Waals surface area contributed by atoms with Gasteiger partial charge in [-0.05, 0) is 12.8 Å². The predicted molar refractivity (Wildman–Crippen MR) is 39.4 cm³/mol. The van der Waals surface area contributed by atoms with Crippen molar-refractivity contribution in [1.82, 2.24) is 4.57 Å². The van der Waals surface area contributed by atoms with E-state index in [1.165, 1.54) is 0 Å². The van der Waals surface area contributed by atoms with Crippen molar-refractivity contribution in [2.45, 2.75) is 19.4 Å². The van der Waals surface area contributed by atoms with Crippen LogP contribution in [0.25, 0.3) is 0 Å². The molecule has 4 heteroatoms. The molecule has 0 bridgehead atoms. The van der Waals surface area contributed by atoms with Crippen molar-refractivity contribution in [3.8, 4) is 0 Å². The van der Waals surface area contributed by atoms with Crippen molar-refractivity contribution in [2.24, 2.45) is 0 Å². The highest BCUT2D eigenvalue weighted by Gasteiger charge is 2.16. The van der Waals surface area contributed by atoms with Crippen LogP contribution in [0.2, 0.25) is 0 Å². The van der Waals surface area contributed by atoms with Crippen molar-refractivity contribution < 1.29 is 4.92 Å². The van der Waals surface area contributed by atoms with Crippen LogP contribution in [0.4, 0.5) is 5.69 Å². The normalized spacial score (nSPS) is 14.9. The van der Waals surface area contributed by atoms with Crippen molar-refractivity contribution in [2.75, 3.05) is 0 Å². The molecule has 0 radical (unpaired) electrons. The molecule has 1 aliphatic heterocycles. The maximum absolute atomic E-state index is 10.3. The second kappa shape index (κ2) is 2.08. The summed E-state index contributed by atoms with van der Waals surface area (Å²) < 4.78 is 1.96. The molecule has 0 saturated heterocycles. The molecule has 1 aliphatic rings. The number of rotatable bonds is 1. The van der Waals surface area contributed by atoms with Gasteiger partial charge in [0.15, 0.2) is 0 Å². The van der Waals surface area contributed by atoms with Gasteiger partial charge in [-0.25, -0.2) is 0 Å². The zero-order chi connectivity index (χ0) is 7.84. The summed E-state index contributed by atoms with van der Waals surface area (Å²) in [6.07, 6.45) is 3.71. The third-order valence-electron chi connectivity index (χ3n) is 2.01. The Morgan fingerprint density at radius 2 is 2.45 bits per heavy atom. The first-order chi connectivity index (χ1) is 5.27. The van der Waals surface area contributed by atoms with Crippen molar-refractivity contribution in [1.29, 1.82) is 0 Å². The third-order valence-corrected chi connectivity index (χ3v) is 2.01. The number of fused-ring (bicyclic) bond motifs is 1. The number of hydrogen-bond acceptors (Lipinski definition) is 2. The maximum Gasteiger partial charge on any atom is 0.287 e.